The molecule has 0 radical (unpaired) electrons. The van der Waals surface area contributed by atoms with E-state index in [1.807, 2.05) is 30.3 Å². The summed E-state index contributed by atoms with van der Waals surface area (Å²) >= 11 is 0. The summed E-state index contributed by atoms with van der Waals surface area (Å²) < 4.78 is 5.50. The smallest absolute Gasteiger partial charge is 0.134 e. The summed E-state index contributed by atoms with van der Waals surface area (Å²) in [6.45, 7) is 0.0945. The van der Waals surface area contributed by atoms with Gasteiger partial charge in [0.25, 0.3) is 0 Å². The van der Waals surface area contributed by atoms with Crippen LogP contribution in [0.1, 0.15) is 24.7 Å². The molecule has 0 aliphatic rings. The Morgan fingerprint density at radius 1 is 1.27 bits per heavy atom. The SMILES string of the molecule is OCCCC(O)c1cc2ccccc2o1. The maximum absolute atomic E-state index is 9.75. The molecule has 1 atom stereocenters. The minimum atomic E-state index is -0.621. The summed E-state index contributed by atoms with van der Waals surface area (Å²) in [6.07, 6.45) is 0.485. The monoisotopic (exact) mass is 206 g/mol. The van der Waals surface area contributed by atoms with Crippen molar-refractivity contribution in [1.29, 1.82) is 0 Å². The highest BCUT2D eigenvalue weighted by Crippen LogP contribution is 2.25. The zero-order valence-electron chi connectivity index (χ0n) is 8.39. The van der Waals surface area contributed by atoms with E-state index in [0.29, 0.717) is 18.6 Å². The van der Waals surface area contributed by atoms with Gasteiger partial charge in [-0.1, -0.05) is 18.2 Å². The van der Waals surface area contributed by atoms with Gasteiger partial charge in [0.05, 0.1) is 0 Å². The van der Waals surface area contributed by atoms with Gasteiger partial charge in [-0.2, -0.15) is 0 Å². The molecule has 2 aromatic rings. The van der Waals surface area contributed by atoms with Crippen LogP contribution >= 0.6 is 0 Å². The second-order valence-electron chi connectivity index (χ2n) is 3.57. The molecule has 3 heteroatoms. The molecule has 0 fully saturated rings. The molecule has 15 heavy (non-hydrogen) atoms. The lowest BCUT2D eigenvalue weighted by molar-refractivity contribution is 0.130. The van der Waals surface area contributed by atoms with Gasteiger partial charge in [0.2, 0.25) is 0 Å². The van der Waals surface area contributed by atoms with Gasteiger partial charge in [-0.15, -0.1) is 0 Å². The fourth-order valence-corrected chi connectivity index (χ4v) is 1.59. The highest BCUT2D eigenvalue weighted by atomic mass is 16.4. The summed E-state index contributed by atoms with van der Waals surface area (Å²) in [5, 5.41) is 19.4. The lowest BCUT2D eigenvalue weighted by Gasteiger charge is -2.04. The molecule has 0 bridgehead atoms. The largest absolute Gasteiger partial charge is 0.458 e. The molecular weight excluding hydrogens is 192 g/mol. The number of fused-ring (bicyclic) bond motifs is 1. The molecule has 1 heterocycles. The standard InChI is InChI=1S/C12H14O3/c13-7-3-5-10(14)12-8-9-4-1-2-6-11(9)15-12/h1-2,4,6,8,10,13-14H,3,5,7H2. The van der Waals surface area contributed by atoms with Gasteiger partial charge in [0.15, 0.2) is 0 Å². The molecule has 0 saturated carbocycles. The summed E-state index contributed by atoms with van der Waals surface area (Å²) in [4.78, 5) is 0. The van der Waals surface area contributed by atoms with E-state index in [9.17, 15) is 5.11 Å². The van der Waals surface area contributed by atoms with E-state index >= 15 is 0 Å². The van der Waals surface area contributed by atoms with Crippen molar-refractivity contribution >= 4 is 11.0 Å². The van der Waals surface area contributed by atoms with Crippen LogP contribution in [-0.4, -0.2) is 16.8 Å². The van der Waals surface area contributed by atoms with Gasteiger partial charge in [-0.25, -0.2) is 0 Å². The van der Waals surface area contributed by atoms with Crippen LogP contribution in [0.3, 0.4) is 0 Å². The fraction of sp³-hybridized carbons (Fsp3) is 0.333. The number of aliphatic hydroxyl groups excluding tert-OH is 2. The molecule has 2 rings (SSSR count). The van der Waals surface area contributed by atoms with E-state index < -0.39 is 6.10 Å². The van der Waals surface area contributed by atoms with Crippen molar-refractivity contribution < 1.29 is 14.6 Å². The van der Waals surface area contributed by atoms with Gasteiger partial charge >= 0.3 is 0 Å². The van der Waals surface area contributed by atoms with Crippen LogP contribution in [-0.2, 0) is 0 Å². The maximum atomic E-state index is 9.75. The van der Waals surface area contributed by atoms with E-state index in [0.717, 1.165) is 11.0 Å². The number of rotatable bonds is 4. The van der Waals surface area contributed by atoms with Crippen molar-refractivity contribution in [3.63, 3.8) is 0 Å². The summed E-state index contributed by atoms with van der Waals surface area (Å²) in [6, 6.07) is 9.49. The van der Waals surface area contributed by atoms with E-state index in [1.54, 1.807) is 0 Å². The normalized spacial score (nSPS) is 13.2. The second-order valence-corrected chi connectivity index (χ2v) is 3.57. The Labute approximate surface area is 88.0 Å². The van der Waals surface area contributed by atoms with Gasteiger partial charge in [0, 0.05) is 12.0 Å². The number of para-hydroxylation sites is 1. The molecule has 1 aromatic carbocycles. The van der Waals surface area contributed by atoms with Gasteiger partial charge in [-0.3, -0.25) is 0 Å². The lowest BCUT2D eigenvalue weighted by atomic mass is 10.1. The molecule has 0 saturated heterocycles. The molecular formula is C12H14O3. The third-order valence-electron chi connectivity index (χ3n) is 2.41. The Morgan fingerprint density at radius 3 is 2.80 bits per heavy atom. The van der Waals surface area contributed by atoms with Crippen LogP contribution in [0.15, 0.2) is 34.7 Å². The second kappa shape index (κ2) is 4.47. The number of benzene rings is 1. The van der Waals surface area contributed by atoms with Gasteiger partial charge < -0.3 is 14.6 Å². The van der Waals surface area contributed by atoms with Crippen molar-refractivity contribution in [2.75, 3.05) is 6.61 Å². The Kier molecular flexibility index (Phi) is 3.04. The highest BCUT2D eigenvalue weighted by Gasteiger charge is 2.12. The minimum absolute atomic E-state index is 0.0945. The molecule has 1 aromatic heterocycles. The minimum Gasteiger partial charge on any atom is -0.458 e. The van der Waals surface area contributed by atoms with E-state index in [-0.39, 0.29) is 6.61 Å². The Bertz CT molecular complexity index is 400. The Balaban J connectivity index is 2.20. The topological polar surface area (TPSA) is 53.6 Å². The van der Waals surface area contributed by atoms with Gasteiger partial charge in [0.1, 0.15) is 17.4 Å². The zero-order chi connectivity index (χ0) is 10.7. The van der Waals surface area contributed by atoms with Crippen LogP contribution in [0.25, 0.3) is 11.0 Å². The quantitative estimate of drug-likeness (QED) is 0.806. The Morgan fingerprint density at radius 2 is 2.07 bits per heavy atom. The van der Waals surface area contributed by atoms with Crippen molar-refractivity contribution in [2.24, 2.45) is 0 Å². The van der Waals surface area contributed by atoms with Gasteiger partial charge in [-0.05, 0) is 25.0 Å². The van der Waals surface area contributed by atoms with Crippen LogP contribution < -0.4 is 0 Å². The van der Waals surface area contributed by atoms with E-state index in [2.05, 4.69) is 0 Å². The average Bonchev–Trinajstić information content (AvgIpc) is 2.69. The number of hydrogen-bond donors (Lipinski definition) is 2. The Hall–Kier alpha value is -1.32. The molecule has 0 spiro atoms. The van der Waals surface area contributed by atoms with Crippen molar-refractivity contribution in [2.45, 2.75) is 18.9 Å². The van der Waals surface area contributed by atoms with Crippen molar-refractivity contribution in [3.05, 3.63) is 36.1 Å². The molecule has 0 aliphatic heterocycles. The van der Waals surface area contributed by atoms with Crippen LogP contribution in [0, 0.1) is 0 Å². The molecule has 1 unspecified atom stereocenters. The summed E-state index contributed by atoms with van der Waals surface area (Å²) in [7, 11) is 0. The molecule has 2 N–H and O–H groups in total. The third kappa shape index (κ3) is 2.19. The number of hydrogen-bond acceptors (Lipinski definition) is 3. The predicted octanol–water partition coefficient (Wildman–Crippen LogP) is 2.24. The molecule has 80 valence electrons. The number of furan rings is 1. The van der Waals surface area contributed by atoms with Crippen molar-refractivity contribution in [3.8, 4) is 0 Å². The number of aliphatic hydroxyl groups is 2. The third-order valence-corrected chi connectivity index (χ3v) is 2.41. The van der Waals surface area contributed by atoms with Crippen LogP contribution in [0.2, 0.25) is 0 Å². The first-order valence-electron chi connectivity index (χ1n) is 5.08. The first-order chi connectivity index (χ1) is 7.31. The predicted molar refractivity (Wildman–Crippen MR) is 57.5 cm³/mol. The average molecular weight is 206 g/mol. The first kappa shape index (κ1) is 10.2. The molecule has 0 amide bonds. The summed E-state index contributed by atoms with van der Waals surface area (Å²) in [5.41, 5.74) is 0.788. The van der Waals surface area contributed by atoms with E-state index in [1.165, 1.54) is 0 Å². The first-order valence-corrected chi connectivity index (χ1v) is 5.08. The lowest BCUT2D eigenvalue weighted by Crippen LogP contribution is -1.96. The molecule has 3 nitrogen and oxygen atoms in total. The maximum Gasteiger partial charge on any atom is 0.134 e. The van der Waals surface area contributed by atoms with E-state index in [4.69, 9.17) is 9.52 Å². The fourth-order valence-electron chi connectivity index (χ4n) is 1.59. The van der Waals surface area contributed by atoms with Crippen molar-refractivity contribution in [1.82, 2.24) is 0 Å². The highest BCUT2D eigenvalue weighted by molar-refractivity contribution is 5.77. The van der Waals surface area contributed by atoms with Crippen LogP contribution in [0.4, 0.5) is 0 Å². The summed E-state index contributed by atoms with van der Waals surface area (Å²) in [5.74, 6) is 0.574. The zero-order valence-corrected chi connectivity index (χ0v) is 8.39. The molecule has 0 aliphatic carbocycles. The van der Waals surface area contributed by atoms with Crippen LogP contribution in [0.5, 0.6) is 0 Å².